The molecule has 4 rings (SSSR count). The average molecular weight is 481 g/mol. The number of rotatable bonds is 5. The van der Waals surface area contributed by atoms with E-state index in [4.69, 9.17) is 4.74 Å². The molecule has 1 saturated heterocycles. The predicted molar refractivity (Wildman–Crippen MR) is 136 cm³/mol. The van der Waals surface area contributed by atoms with Crippen LogP contribution < -0.4 is 10.1 Å². The normalized spacial score (nSPS) is 15.9. The van der Waals surface area contributed by atoms with Gasteiger partial charge in [-0.15, -0.1) is 0 Å². The van der Waals surface area contributed by atoms with Crippen LogP contribution in [0.25, 0.3) is 10.8 Å². The van der Waals surface area contributed by atoms with Gasteiger partial charge in [0.2, 0.25) is 15.9 Å². The van der Waals surface area contributed by atoms with Crippen molar-refractivity contribution in [2.75, 3.05) is 25.5 Å². The van der Waals surface area contributed by atoms with Crippen molar-refractivity contribution in [1.29, 1.82) is 0 Å². The molecule has 1 fully saturated rings. The molecule has 0 bridgehead atoms. The average Bonchev–Trinajstić information content (AvgIpc) is 2.83. The van der Waals surface area contributed by atoms with Gasteiger partial charge in [0.15, 0.2) is 0 Å². The zero-order valence-corrected chi connectivity index (χ0v) is 21.0. The smallest absolute Gasteiger partial charge is 0.243 e. The second-order valence-corrected chi connectivity index (χ2v) is 11.8. The predicted octanol–water partition coefficient (Wildman–Crippen LogP) is 5.19. The van der Waals surface area contributed by atoms with Crippen molar-refractivity contribution >= 4 is 32.4 Å². The Morgan fingerprint density at radius 2 is 1.65 bits per heavy atom. The first-order valence-electron chi connectivity index (χ1n) is 11.6. The fraction of sp³-hybridized carbons (Fsp3) is 0.370. The van der Waals surface area contributed by atoms with E-state index in [0.717, 1.165) is 16.3 Å². The van der Waals surface area contributed by atoms with Crippen LogP contribution in [0.5, 0.6) is 5.75 Å². The van der Waals surface area contributed by atoms with Gasteiger partial charge in [-0.3, -0.25) is 4.79 Å². The summed E-state index contributed by atoms with van der Waals surface area (Å²) in [5.41, 5.74) is 1.68. The van der Waals surface area contributed by atoms with E-state index < -0.39 is 10.0 Å². The number of ether oxygens (including phenoxy) is 1. The number of benzene rings is 3. The maximum atomic E-state index is 13.2. The van der Waals surface area contributed by atoms with E-state index >= 15 is 0 Å². The molecule has 34 heavy (non-hydrogen) atoms. The molecule has 0 spiro atoms. The number of hydrogen-bond acceptors (Lipinski definition) is 4. The highest BCUT2D eigenvalue weighted by Crippen LogP contribution is 2.33. The quantitative estimate of drug-likeness (QED) is 0.546. The Kier molecular flexibility index (Phi) is 6.69. The molecular formula is C27H32N2O4S. The van der Waals surface area contributed by atoms with Gasteiger partial charge in [0.25, 0.3) is 0 Å². The summed E-state index contributed by atoms with van der Waals surface area (Å²) in [6.45, 7) is 6.98. The summed E-state index contributed by atoms with van der Waals surface area (Å²) in [5.74, 6) is 0.246. The topological polar surface area (TPSA) is 75.7 Å². The zero-order chi connectivity index (χ0) is 24.5. The Morgan fingerprint density at radius 3 is 2.29 bits per heavy atom. The van der Waals surface area contributed by atoms with Gasteiger partial charge in [0.05, 0.1) is 17.7 Å². The third-order valence-electron chi connectivity index (χ3n) is 6.51. The SMILES string of the molecule is COc1ccc(C(C)(C)C)cc1NC(=O)C1CCN(S(=O)(=O)c2ccc3ccccc3c2)CC1. The first-order valence-corrected chi connectivity index (χ1v) is 13.0. The van der Waals surface area contributed by atoms with E-state index in [1.165, 1.54) is 4.31 Å². The summed E-state index contributed by atoms with van der Waals surface area (Å²) in [6.07, 6.45) is 0.944. The molecular weight excluding hydrogens is 448 g/mol. The molecule has 6 nitrogen and oxygen atoms in total. The van der Waals surface area contributed by atoms with Gasteiger partial charge in [-0.2, -0.15) is 4.31 Å². The Morgan fingerprint density at radius 1 is 0.971 bits per heavy atom. The minimum absolute atomic E-state index is 0.0613. The fourth-order valence-corrected chi connectivity index (χ4v) is 5.85. The molecule has 0 atom stereocenters. The zero-order valence-electron chi connectivity index (χ0n) is 20.2. The molecule has 0 aromatic heterocycles. The molecule has 0 unspecified atom stereocenters. The van der Waals surface area contributed by atoms with Gasteiger partial charge in [-0.1, -0.05) is 57.2 Å². The summed E-state index contributed by atoms with van der Waals surface area (Å²) in [4.78, 5) is 13.3. The Labute approximate surface area is 202 Å². The standard InChI is InChI=1S/C27H32N2O4S/c1-27(2,3)22-10-12-25(33-4)24(18-22)28-26(30)20-13-15-29(16-14-20)34(31,32)23-11-9-19-7-5-6-8-21(19)17-23/h5-12,17-18,20H,13-16H2,1-4H3,(H,28,30). The van der Waals surface area contributed by atoms with Gasteiger partial charge >= 0.3 is 0 Å². The van der Waals surface area contributed by atoms with Crippen LogP contribution >= 0.6 is 0 Å². The summed E-state index contributed by atoms with van der Waals surface area (Å²) >= 11 is 0. The summed E-state index contributed by atoms with van der Waals surface area (Å²) in [6, 6.07) is 18.7. The van der Waals surface area contributed by atoms with Crippen LogP contribution in [0.3, 0.4) is 0 Å². The number of methoxy groups -OCH3 is 1. The highest BCUT2D eigenvalue weighted by atomic mass is 32.2. The van der Waals surface area contributed by atoms with Crippen LogP contribution in [0.2, 0.25) is 0 Å². The van der Waals surface area contributed by atoms with E-state index in [9.17, 15) is 13.2 Å². The third-order valence-corrected chi connectivity index (χ3v) is 8.40. The van der Waals surface area contributed by atoms with Crippen LogP contribution in [0.4, 0.5) is 5.69 Å². The largest absolute Gasteiger partial charge is 0.495 e. The molecule has 3 aromatic rings. The first-order chi connectivity index (χ1) is 16.1. The molecule has 1 amide bonds. The van der Waals surface area contributed by atoms with Crippen molar-refractivity contribution in [3.63, 3.8) is 0 Å². The molecule has 0 aliphatic carbocycles. The van der Waals surface area contributed by atoms with E-state index in [2.05, 4.69) is 26.1 Å². The van der Waals surface area contributed by atoms with Crippen LogP contribution in [-0.4, -0.2) is 38.8 Å². The minimum atomic E-state index is -3.61. The van der Waals surface area contributed by atoms with E-state index in [0.29, 0.717) is 37.4 Å². The Bertz CT molecular complexity index is 1300. The van der Waals surface area contributed by atoms with Crippen molar-refractivity contribution in [3.8, 4) is 5.75 Å². The van der Waals surface area contributed by atoms with Crippen molar-refractivity contribution in [1.82, 2.24) is 4.31 Å². The van der Waals surface area contributed by atoms with Crippen LogP contribution in [0.1, 0.15) is 39.2 Å². The molecule has 3 aromatic carbocycles. The van der Waals surface area contributed by atoms with Gasteiger partial charge in [-0.25, -0.2) is 8.42 Å². The summed E-state index contributed by atoms with van der Waals surface area (Å²) in [5, 5.41) is 4.91. The fourth-order valence-electron chi connectivity index (χ4n) is 4.34. The molecule has 1 heterocycles. The maximum Gasteiger partial charge on any atom is 0.243 e. The maximum absolute atomic E-state index is 13.2. The summed E-state index contributed by atoms with van der Waals surface area (Å²) < 4.78 is 33.4. The van der Waals surface area contributed by atoms with Crippen LogP contribution in [0.15, 0.2) is 65.6 Å². The monoisotopic (exact) mass is 480 g/mol. The van der Waals surface area contributed by atoms with E-state index in [1.807, 2.05) is 48.5 Å². The van der Waals surface area contributed by atoms with Gasteiger partial charge in [0, 0.05) is 19.0 Å². The van der Waals surface area contributed by atoms with E-state index in [-0.39, 0.29) is 22.1 Å². The number of nitrogens with zero attached hydrogens (tertiary/aromatic N) is 1. The molecule has 7 heteroatoms. The van der Waals surface area contributed by atoms with Crippen molar-refractivity contribution < 1.29 is 17.9 Å². The lowest BCUT2D eigenvalue weighted by Gasteiger charge is -2.31. The van der Waals surface area contributed by atoms with Crippen LogP contribution in [0, 0.1) is 5.92 Å². The number of piperidine rings is 1. The lowest BCUT2D eigenvalue weighted by atomic mass is 9.86. The number of fused-ring (bicyclic) bond motifs is 1. The minimum Gasteiger partial charge on any atom is -0.495 e. The van der Waals surface area contributed by atoms with Gasteiger partial charge in [-0.05, 0) is 58.9 Å². The van der Waals surface area contributed by atoms with Gasteiger partial charge < -0.3 is 10.1 Å². The van der Waals surface area contributed by atoms with Gasteiger partial charge in [0.1, 0.15) is 5.75 Å². The lowest BCUT2D eigenvalue weighted by Crippen LogP contribution is -2.41. The number of anilines is 1. The number of sulfonamides is 1. The molecule has 1 aliphatic rings. The van der Waals surface area contributed by atoms with E-state index in [1.54, 1.807) is 19.2 Å². The summed E-state index contributed by atoms with van der Waals surface area (Å²) in [7, 11) is -2.03. The second-order valence-electron chi connectivity index (χ2n) is 9.84. The molecule has 0 radical (unpaired) electrons. The third kappa shape index (κ3) is 4.95. The van der Waals surface area contributed by atoms with Crippen molar-refractivity contribution in [3.05, 3.63) is 66.2 Å². The van der Waals surface area contributed by atoms with Crippen molar-refractivity contribution in [2.24, 2.45) is 5.92 Å². The molecule has 180 valence electrons. The highest BCUT2D eigenvalue weighted by molar-refractivity contribution is 7.89. The molecule has 1 aliphatic heterocycles. The number of carbonyl (C=O) groups excluding carboxylic acids is 1. The number of nitrogens with one attached hydrogen (secondary N) is 1. The first kappa shape index (κ1) is 24.2. The highest BCUT2D eigenvalue weighted by Gasteiger charge is 2.32. The Balaban J connectivity index is 1.45. The molecule has 1 N–H and O–H groups in total. The van der Waals surface area contributed by atoms with Crippen molar-refractivity contribution in [2.45, 2.75) is 43.9 Å². The lowest BCUT2D eigenvalue weighted by molar-refractivity contribution is -0.120. The second kappa shape index (κ2) is 9.39. The molecule has 0 saturated carbocycles. The number of amides is 1. The number of carbonyl (C=O) groups is 1. The number of hydrogen-bond donors (Lipinski definition) is 1. The van der Waals surface area contributed by atoms with Crippen LogP contribution in [-0.2, 0) is 20.2 Å². The Hall–Kier alpha value is -2.90.